The summed E-state index contributed by atoms with van der Waals surface area (Å²) in [7, 11) is 1.61. The van der Waals surface area contributed by atoms with Gasteiger partial charge in [-0.1, -0.05) is 35.9 Å². The highest BCUT2D eigenvalue weighted by Crippen LogP contribution is 2.41. The van der Waals surface area contributed by atoms with Crippen molar-refractivity contribution in [3.05, 3.63) is 64.7 Å². The van der Waals surface area contributed by atoms with Crippen LogP contribution in [0.15, 0.2) is 48.5 Å². The molecule has 2 unspecified atom stereocenters. The minimum absolute atomic E-state index is 0.0414. The molecule has 4 heteroatoms. The number of ether oxygens (including phenoxy) is 2. The third-order valence-electron chi connectivity index (χ3n) is 3.28. The molecule has 0 radical (unpaired) electrons. The van der Waals surface area contributed by atoms with Gasteiger partial charge in [-0.3, -0.25) is 4.79 Å². The summed E-state index contributed by atoms with van der Waals surface area (Å²) >= 11 is 5.90. The van der Waals surface area contributed by atoms with Crippen LogP contribution in [0.4, 0.5) is 0 Å². The lowest BCUT2D eigenvalue weighted by Gasteiger charge is -2.01. The van der Waals surface area contributed by atoms with Crippen molar-refractivity contribution < 1.29 is 14.3 Å². The molecule has 3 nitrogen and oxygen atoms in total. The van der Waals surface area contributed by atoms with Crippen molar-refractivity contribution in [2.24, 2.45) is 0 Å². The lowest BCUT2D eigenvalue weighted by molar-refractivity contribution is 0.0953. The van der Waals surface area contributed by atoms with E-state index in [2.05, 4.69) is 0 Å². The monoisotopic (exact) mass is 288 g/mol. The summed E-state index contributed by atoms with van der Waals surface area (Å²) in [5.74, 6) is 0.715. The van der Waals surface area contributed by atoms with Crippen LogP contribution in [0.25, 0.3) is 0 Å². The maximum absolute atomic E-state index is 12.3. The Labute approximate surface area is 122 Å². The molecular formula is C16H13ClO3. The Balaban J connectivity index is 1.77. The van der Waals surface area contributed by atoms with Crippen LogP contribution in [0.5, 0.6) is 5.75 Å². The van der Waals surface area contributed by atoms with Gasteiger partial charge in [-0.05, 0) is 29.8 Å². The zero-order valence-electron chi connectivity index (χ0n) is 10.9. The van der Waals surface area contributed by atoms with Crippen LogP contribution in [0.3, 0.4) is 0 Å². The number of halogens is 1. The lowest BCUT2D eigenvalue weighted by Crippen LogP contribution is -2.08. The van der Waals surface area contributed by atoms with Crippen LogP contribution < -0.4 is 4.74 Å². The fourth-order valence-corrected chi connectivity index (χ4v) is 2.38. The molecule has 20 heavy (non-hydrogen) atoms. The first kappa shape index (κ1) is 13.2. The summed E-state index contributed by atoms with van der Waals surface area (Å²) in [5, 5.41) is 0.550. The minimum atomic E-state index is -0.430. The average molecular weight is 289 g/mol. The van der Waals surface area contributed by atoms with E-state index in [4.69, 9.17) is 21.1 Å². The van der Waals surface area contributed by atoms with Crippen molar-refractivity contribution >= 4 is 17.4 Å². The summed E-state index contributed by atoms with van der Waals surface area (Å²) in [5.41, 5.74) is 1.53. The fourth-order valence-electron chi connectivity index (χ4n) is 2.19. The molecule has 0 saturated carbocycles. The van der Waals surface area contributed by atoms with Gasteiger partial charge in [0.1, 0.15) is 11.9 Å². The van der Waals surface area contributed by atoms with Crippen LogP contribution in [-0.4, -0.2) is 19.0 Å². The molecule has 2 aromatic rings. The normalized spacial score (nSPS) is 20.5. The van der Waals surface area contributed by atoms with Gasteiger partial charge < -0.3 is 9.47 Å². The van der Waals surface area contributed by atoms with E-state index >= 15 is 0 Å². The first-order valence-corrected chi connectivity index (χ1v) is 6.66. The number of epoxide rings is 1. The summed E-state index contributed by atoms with van der Waals surface area (Å²) in [6, 6.07) is 14.5. The molecule has 2 atom stereocenters. The van der Waals surface area contributed by atoms with Crippen LogP contribution in [0.2, 0.25) is 5.02 Å². The van der Waals surface area contributed by atoms with Crippen molar-refractivity contribution in [1.82, 2.24) is 0 Å². The Morgan fingerprint density at radius 3 is 2.75 bits per heavy atom. The molecular weight excluding hydrogens is 276 g/mol. The maximum Gasteiger partial charge on any atom is 0.194 e. The number of carbonyl (C=O) groups excluding carboxylic acids is 1. The van der Waals surface area contributed by atoms with Gasteiger partial charge in [0.2, 0.25) is 0 Å². The van der Waals surface area contributed by atoms with E-state index in [0.717, 1.165) is 11.3 Å². The van der Waals surface area contributed by atoms with E-state index in [9.17, 15) is 4.79 Å². The standard InChI is InChI=1S/C16H13ClO3/c1-19-13-7-3-5-11(9-13)15-16(20-15)14(18)10-4-2-6-12(17)8-10/h2-9,15-16H,1H3. The van der Waals surface area contributed by atoms with Gasteiger partial charge in [0.25, 0.3) is 0 Å². The van der Waals surface area contributed by atoms with E-state index in [0.29, 0.717) is 10.6 Å². The number of methoxy groups -OCH3 is 1. The molecule has 1 saturated heterocycles. The summed E-state index contributed by atoms with van der Waals surface area (Å²) in [6.45, 7) is 0. The van der Waals surface area contributed by atoms with E-state index in [-0.39, 0.29) is 11.9 Å². The molecule has 3 rings (SSSR count). The topological polar surface area (TPSA) is 38.8 Å². The van der Waals surface area contributed by atoms with E-state index in [1.54, 1.807) is 31.4 Å². The third kappa shape index (κ3) is 2.55. The van der Waals surface area contributed by atoms with Gasteiger partial charge in [0, 0.05) is 10.6 Å². The molecule has 0 bridgehead atoms. The average Bonchev–Trinajstić information content (AvgIpc) is 3.27. The lowest BCUT2D eigenvalue weighted by atomic mass is 10.0. The van der Waals surface area contributed by atoms with Gasteiger partial charge in [-0.15, -0.1) is 0 Å². The highest BCUT2D eigenvalue weighted by atomic mass is 35.5. The molecule has 0 spiro atoms. The number of hydrogen-bond acceptors (Lipinski definition) is 3. The molecule has 0 N–H and O–H groups in total. The summed E-state index contributed by atoms with van der Waals surface area (Å²) < 4.78 is 10.7. The number of carbonyl (C=O) groups is 1. The molecule has 102 valence electrons. The Bertz CT molecular complexity index is 654. The first-order valence-electron chi connectivity index (χ1n) is 6.28. The van der Waals surface area contributed by atoms with E-state index < -0.39 is 6.10 Å². The van der Waals surface area contributed by atoms with Crippen molar-refractivity contribution in [2.45, 2.75) is 12.2 Å². The maximum atomic E-state index is 12.3. The van der Waals surface area contributed by atoms with Crippen LogP contribution in [0, 0.1) is 0 Å². The second kappa shape index (κ2) is 5.27. The van der Waals surface area contributed by atoms with Crippen molar-refractivity contribution in [3.8, 4) is 5.75 Å². The molecule has 1 aliphatic rings. The smallest absolute Gasteiger partial charge is 0.194 e. The van der Waals surface area contributed by atoms with Gasteiger partial charge in [-0.2, -0.15) is 0 Å². The van der Waals surface area contributed by atoms with Crippen molar-refractivity contribution in [2.75, 3.05) is 7.11 Å². The van der Waals surface area contributed by atoms with Crippen LogP contribution in [-0.2, 0) is 4.74 Å². The largest absolute Gasteiger partial charge is 0.497 e. The molecule has 0 aromatic heterocycles. The molecule has 1 heterocycles. The number of hydrogen-bond donors (Lipinski definition) is 0. The molecule has 0 aliphatic carbocycles. The number of rotatable bonds is 4. The first-order chi connectivity index (χ1) is 9.69. The van der Waals surface area contributed by atoms with Crippen molar-refractivity contribution in [1.29, 1.82) is 0 Å². The van der Waals surface area contributed by atoms with Crippen LogP contribution in [0.1, 0.15) is 22.0 Å². The predicted molar refractivity (Wildman–Crippen MR) is 76.4 cm³/mol. The summed E-state index contributed by atoms with van der Waals surface area (Å²) in [6.07, 6.45) is -0.628. The Morgan fingerprint density at radius 2 is 2.00 bits per heavy atom. The minimum Gasteiger partial charge on any atom is -0.497 e. The van der Waals surface area contributed by atoms with Crippen molar-refractivity contribution in [3.63, 3.8) is 0 Å². The Kier molecular flexibility index (Phi) is 3.47. The van der Waals surface area contributed by atoms with Crippen LogP contribution >= 0.6 is 11.6 Å². The van der Waals surface area contributed by atoms with Gasteiger partial charge >= 0.3 is 0 Å². The van der Waals surface area contributed by atoms with E-state index in [1.807, 2.05) is 24.3 Å². The molecule has 1 aliphatic heterocycles. The number of ketones is 1. The number of Topliss-reactive ketones (excluding diaryl/α,β-unsaturated/α-hetero) is 1. The molecule has 1 fully saturated rings. The number of benzene rings is 2. The second-order valence-corrected chi connectivity index (χ2v) is 5.06. The third-order valence-corrected chi connectivity index (χ3v) is 3.52. The molecule has 0 amide bonds. The summed E-state index contributed by atoms with van der Waals surface area (Å²) in [4.78, 5) is 12.3. The molecule has 2 aromatic carbocycles. The fraction of sp³-hybridized carbons (Fsp3) is 0.188. The Morgan fingerprint density at radius 1 is 1.20 bits per heavy atom. The SMILES string of the molecule is COc1cccc(C2OC2C(=O)c2cccc(Cl)c2)c1. The predicted octanol–water partition coefficient (Wildman–Crippen LogP) is 3.67. The van der Waals surface area contributed by atoms with Gasteiger partial charge in [-0.25, -0.2) is 0 Å². The quantitative estimate of drug-likeness (QED) is 0.636. The zero-order valence-corrected chi connectivity index (χ0v) is 11.6. The highest BCUT2D eigenvalue weighted by Gasteiger charge is 2.46. The zero-order chi connectivity index (χ0) is 14.1. The van der Waals surface area contributed by atoms with Gasteiger partial charge in [0.05, 0.1) is 7.11 Å². The Hall–Kier alpha value is -1.84. The van der Waals surface area contributed by atoms with Gasteiger partial charge in [0.15, 0.2) is 11.9 Å². The second-order valence-electron chi connectivity index (χ2n) is 4.63. The highest BCUT2D eigenvalue weighted by molar-refractivity contribution is 6.31. The van der Waals surface area contributed by atoms with E-state index in [1.165, 1.54) is 0 Å².